The van der Waals surface area contributed by atoms with Gasteiger partial charge in [-0.05, 0) is 49.4 Å². The van der Waals surface area contributed by atoms with Crippen LogP contribution in [0, 0.1) is 6.92 Å². The SMILES string of the molecule is CCc1nc(NC)c(C)c(Oc2ccc3c(c2)CCC3)n1. The molecule has 0 unspecified atom stereocenters. The van der Waals surface area contributed by atoms with Gasteiger partial charge in [0.15, 0.2) is 0 Å². The molecular weight excluding hydrogens is 262 g/mol. The average Bonchev–Trinajstić information content (AvgIpc) is 2.97. The van der Waals surface area contributed by atoms with Crippen LogP contribution in [0.3, 0.4) is 0 Å². The molecule has 1 aromatic carbocycles. The topological polar surface area (TPSA) is 47.0 Å². The van der Waals surface area contributed by atoms with Crippen LogP contribution in [0.5, 0.6) is 11.6 Å². The van der Waals surface area contributed by atoms with Crippen molar-refractivity contribution in [3.63, 3.8) is 0 Å². The summed E-state index contributed by atoms with van der Waals surface area (Å²) >= 11 is 0. The van der Waals surface area contributed by atoms with Crippen molar-refractivity contribution in [1.29, 1.82) is 0 Å². The first-order valence-corrected chi connectivity index (χ1v) is 7.56. The molecule has 1 aliphatic rings. The van der Waals surface area contributed by atoms with E-state index in [1.165, 1.54) is 24.0 Å². The van der Waals surface area contributed by atoms with Crippen LogP contribution in [0.15, 0.2) is 18.2 Å². The first-order valence-electron chi connectivity index (χ1n) is 7.56. The minimum atomic E-state index is 0.643. The lowest BCUT2D eigenvalue weighted by molar-refractivity contribution is 0.454. The van der Waals surface area contributed by atoms with E-state index in [1.807, 2.05) is 27.0 Å². The molecule has 0 amide bonds. The third-order valence-corrected chi connectivity index (χ3v) is 3.98. The Balaban J connectivity index is 1.94. The summed E-state index contributed by atoms with van der Waals surface area (Å²) in [6, 6.07) is 6.36. The van der Waals surface area contributed by atoms with Crippen molar-refractivity contribution < 1.29 is 4.74 Å². The van der Waals surface area contributed by atoms with E-state index in [9.17, 15) is 0 Å². The van der Waals surface area contributed by atoms with Gasteiger partial charge in [0.1, 0.15) is 17.4 Å². The first-order chi connectivity index (χ1) is 10.2. The smallest absolute Gasteiger partial charge is 0.227 e. The molecule has 0 aliphatic heterocycles. The van der Waals surface area contributed by atoms with E-state index >= 15 is 0 Å². The maximum Gasteiger partial charge on any atom is 0.227 e. The normalized spacial score (nSPS) is 13.1. The zero-order chi connectivity index (χ0) is 14.8. The third kappa shape index (κ3) is 2.71. The van der Waals surface area contributed by atoms with Gasteiger partial charge in [-0.2, -0.15) is 4.98 Å². The zero-order valence-corrected chi connectivity index (χ0v) is 12.9. The Labute approximate surface area is 125 Å². The monoisotopic (exact) mass is 283 g/mol. The van der Waals surface area contributed by atoms with E-state index < -0.39 is 0 Å². The van der Waals surface area contributed by atoms with Crippen LogP contribution < -0.4 is 10.1 Å². The quantitative estimate of drug-likeness (QED) is 0.930. The number of anilines is 1. The van der Waals surface area contributed by atoms with E-state index in [4.69, 9.17) is 4.74 Å². The fourth-order valence-corrected chi connectivity index (χ4v) is 2.76. The summed E-state index contributed by atoms with van der Waals surface area (Å²) in [6.45, 7) is 4.03. The Morgan fingerprint density at radius 2 is 2.00 bits per heavy atom. The second-order valence-corrected chi connectivity index (χ2v) is 5.41. The third-order valence-electron chi connectivity index (χ3n) is 3.98. The summed E-state index contributed by atoms with van der Waals surface area (Å²) in [7, 11) is 1.87. The minimum absolute atomic E-state index is 0.643. The highest BCUT2D eigenvalue weighted by molar-refractivity contribution is 5.49. The predicted octanol–water partition coefficient (Wildman–Crippen LogP) is 3.67. The number of hydrogen-bond acceptors (Lipinski definition) is 4. The summed E-state index contributed by atoms with van der Waals surface area (Å²) in [6.07, 6.45) is 4.37. The van der Waals surface area contributed by atoms with Gasteiger partial charge in [0.2, 0.25) is 5.88 Å². The van der Waals surface area contributed by atoms with Crippen LogP contribution in [0.4, 0.5) is 5.82 Å². The van der Waals surface area contributed by atoms with Gasteiger partial charge in [0.05, 0.1) is 5.56 Å². The predicted molar refractivity (Wildman–Crippen MR) is 84.2 cm³/mol. The number of hydrogen-bond donors (Lipinski definition) is 1. The Kier molecular flexibility index (Phi) is 3.78. The van der Waals surface area contributed by atoms with Gasteiger partial charge in [0, 0.05) is 13.5 Å². The van der Waals surface area contributed by atoms with Crippen molar-refractivity contribution in [2.24, 2.45) is 0 Å². The first kappa shape index (κ1) is 13.9. The lowest BCUT2D eigenvalue weighted by atomic mass is 10.1. The molecule has 0 bridgehead atoms. The number of ether oxygens (including phenoxy) is 1. The number of aryl methyl sites for hydroxylation is 3. The molecule has 3 rings (SSSR count). The number of benzene rings is 1. The molecule has 21 heavy (non-hydrogen) atoms. The van der Waals surface area contributed by atoms with E-state index in [2.05, 4.69) is 27.4 Å². The van der Waals surface area contributed by atoms with E-state index in [0.717, 1.165) is 35.8 Å². The lowest BCUT2D eigenvalue weighted by Crippen LogP contribution is -2.04. The highest BCUT2D eigenvalue weighted by Crippen LogP contribution is 2.31. The summed E-state index contributed by atoms with van der Waals surface area (Å²) < 4.78 is 6.03. The molecule has 0 spiro atoms. The van der Waals surface area contributed by atoms with Gasteiger partial charge in [0.25, 0.3) is 0 Å². The van der Waals surface area contributed by atoms with Crippen LogP contribution in [0.1, 0.15) is 35.9 Å². The van der Waals surface area contributed by atoms with Crippen molar-refractivity contribution in [3.8, 4) is 11.6 Å². The number of nitrogens with zero attached hydrogens (tertiary/aromatic N) is 2. The molecule has 1 aromatic heterocycles. The molecule has 0 saturated heterocycles. The largest absolute Gasteiger partial charge is 0.439 e. The van der Waals surface area contributed by atoms with Crippen molar-refractivity contribution >= 4 is 5.82 Å². The van der Waals surface area contributed by atoms with Crippen LogP contribution in [0.2, 0.25) is 0 Å². The van der Waals surface area contributed by atoms with Crippen LogP contribution in [-0.4, -0.2) is 17.0 Å². The van der Waals surface area contributed by atoms with Crippen molar-refractivity contribution in [1.82, 2.24) is 9.97 Å². The maximum atomic E-state index is 6.03. The van der Waals surface area contributed by atoms with Gasteiger partial charge in [-0.1, -0.05) is 13.0 Å². The van der Waals surface area contributed by atoms with Gasteiger partial charge >= 0.3 is 0 Å². The highest BCUT2D eigenvalue weighted by atomic mass is 16.5. The fourth-order valence-electron chi connectivity index (χ4n) is 2.76. The fraction of sp³-hybridized carbons (Fsp3) is 0.412. The molecule has 2 aromatic rings. The Hall–Kier alpha value is -2.10. The molecule has 0 saturated carbocycles. The molecule has 0 atom stereocenters. The number of fused-ring (bicyclic) bond motifs is 1. The number of rotatable bonds is 4. The summed E-state index contributed by atoms with van der Waals surface area (Å²) in [4.78, 5) is 8.98. The van der Waals surface area contributed by atoms with Gasteiger partial charge in [-0.25, -0.2) is 4.98 Å². The minimum Gasteiger partial charge on any atom is -0.439 e. The molecular formula is C17H21N3O. The van der Waals surface area contributed by atoms with Crippen LogP contribution >= 0.6 is 0 Å². The average molecular weight is 283 g/mol. The van der Waals surface area contributed by atoms with E-state index in [1.54, 1.807) is 0 Å². The van der Waals surface area contributed by atoms with Gasteiger partial charge < -0.3 is 10.1 Å². The molecule has 1 aliphatic carbocycles. The number of nitrogens with one attached hydrogen (secondary N) is 1. The molecule has 4 nitrogen and oxygen atoms in total. The molecule has 110 valence electrons. The Bertz CT molecular complexity index is 667. The van der Waals surface area contributed by atoms with Crippen molar-refractivity contribution in [2.75, 3.05) is 12.4 Å². The zero-order valence-electron chi connectivity index (χ0n) is 12.9. The standard InChI is InChI=1S/C17H21N3O/c1-4-15-19-16(18-3)11(2)17(20-15)21-14-9-8-12-6-5-7-13(12)10-14/h8-10H,4-7H2,1-3H3,(H,18,19,20). The maximum absolute atomic E-state index is 6.03. The number of aromatic nitrogens is 2. The highest BCUT2D eigenvalue weighted by Gasteiger charge is 2.14. The summed E-state index contributed by atoms with van der Waals surface area (Å²) in [5.74, 6) is 3.13. The van der Waals surface area contributed by atoms with E-state index in [0.29, 0.717) is 5.88 Å². The lowest BCUT2D eigenvalue weighted by Gasteiger charge is -2.13. The second kappa shape index (κ2) is 5.72. The molecule has 1 heterocycles. The summed E-state index contributed by atoms with van der Waals surface area (Å²) in [5.41, 5.74) is 3.80. The van der Waals surface area contributed by atoms with Gasteiger partial charge in [-0.3, -0.25) is 0 Å². The second-order valence-electron chi connectivity index (χ2n) is 5.41. The molecule has 0 fully saturated rings. The molecule has 1 N–H and O–H groups in total. The van der Waals surface area contributed by atoms with Crippen molar-refractivity contribution in [3.05, 3.63) is 40.7 Å². The van der Waals surface area contributed by atoms with Gasteiger partial charge in [-0.15, -0.1) is 0 Å². The van der Waals surface area contributed by atoms with Crippen LogP contribution in [-0.2, 0) is 19.3 Å². The molecule has 0 radical (unpaired) electrons. The summed E-state index contributed by atoms with van der Waals surface area (Å²) in [5, 5.41) is 3.11. The van der Waals surface area contributed by atoms with Crippen LogP contribution in [0.25, 0.3) is 0 Å². The molecule has 4 heteroatoms. The van der Waals surface area contributed by atoms with E-state index in [-0.39, 0.29) is 0 Å². The van der Waals surface area contributed by atoms with Crippen molar-refractivity contribution in [2.45, 2.75) is 39.5 Å². The Morgan fingerprint density at radius 3 is 2.76 bits per heavy atom. The Morgan fingerprint density at radius 1 is 1.19 bits per heavy atom.